The Labute approximate surface area is 118 Å². The lowest BCUT2D eigenvalue weighted by molar-refractivity contribution is 0.382. The molecule has 19 heavy (non-hydrogen) atoms. The molecule has 1 rings (SSSR count). The number of nitrogens with two attached hydrogens (primary N) is 1. The molecule has 108 valence electrons. The van der Waals surface area contributed by atoms with Gasteiger partial charge in [0.15, 0.2) is 0 Å². The topological polar surface area (TPSA) is 101 Å². The number of nitrogens with one attached hydrogen (secondary N) is 1. The van der Waals surface area contributed by atoms with Crippen molar-refractivity contribution >= 4 is 27.7 Å². The third kappa shape index (κ3) is 4.03. The molecule has 1 aromatic rings. The summed E-state index contributed by atoms with van der Waals surface area (Å²) in [4.78, 5) is 7.68. The van der Waals surface area contributed by atoms with Crippen LogP contribution in [-0.4, -0.2) is 47.8 Å². The summed E-state index contributed by atoms with van der Waals surface area (Å²) in [7, 11) is -2.00. The van der Waals surface area contributed by atoms with E-state index in [1.807, 2.05) is 13.2 Å². The maximum Gasteiger partial charge on any atom is 0.246 e. The van der Waals surface area contributed by atoms with E-state index in [1.165, 1.54) is 16.7 Å². The number of rotatable bonds is 7. The summed E-state index contributed by atoms with van der Waals surface area (Å²) in [5.41, 5.74) is 2.25. The van der Waals surface area contributed by atoms with E-state index in [0.29, 0.717) is 0 Å². The van der Waals surface area contributed by atoms with Crippen molar-refractivity contribution in [2.24, 2.45) is 5.84 Å². The number of aromatic nitrogens is 2. The van der Waals surface area contributed by atoms with Gasteiger partial charge in [0.1, 0.15) is 4.90 Å². The maximum absolute atomic E-state index is 12.3. The van der Waals surface area contributed by atoms with Crippen molar-refractivity contribution in [3.05, 3.63) is 12.4 Å². The van der Waals surface area contributed by atoms with Gasteiger partial charge in [0, 0.05) is 13.1 Å². The molecule has 0 aliphatic carbocycles. The SMILES string of the molecule is CSCCC(C)N(C)S(=O)(=O)c1cnc(NN)nc1. The van der Waals surface area contributed by atoms with Crippen molar-refractivity contribution in [2.75, 3.05) is 24.5 Å². The quantitative estimate of drug-likeness (QED) is 0.559. The highest BCUT2D eigenvalue weighted by atomic mass is 32.2. The first kappa shape index (κ1) is 16.2. The predicted octanol–water partition coefficient (Wildman–Crippen LogP) is 0.524. The molecule has 0 saturated heterocycles. The fraction of sp³-hybridized carbons (Fsp3) is 0.600. The fourth-order valence-corrected chi connectivity index (χ4v) is 3.26. The van der Waals surface area contributed by atoms with Crippen molar-refractivity contribution in [2.45, 2.75) is 24.3 Å². The van der Waals surface area contributed by atoms with E-state index >= 15 is 0 Å². The molecule has 1 atom stereocenters. The van der Waals surface area contributed by atoms with Gasteiger partial charge in [-0.15, -0.1) is 0 Å². The molecule has 0 saturated carbocycles. The Kier molecular flexibility index (Phi) is 5.98. The van der Waals surface area contributed by atoms with Gasteiger partial charge in [-0.2, -0.15) is 16.1 Å². The van der Waals surface area contributed by atoms with Gasteiger partial charge in [-0.25, -0.2) is 24.2 Å². The van der Waals surface area contributed by atoms with Crippen LogP contribution in [0.5, 0.6) is 0 Å². The molecule has 7 nitrogen and oxygen atoms in total. The molecule has 0 fully saturated rings. The summed E-state index contributed by atoms with van der Waals surface area (Å²) in [6, 6.07) is -0.0789. The molecule has 1 heterocycles. The van der Waals surface area contributed by atoms with Gasteiger partial charge < -0.3 is 0 Å². The van der Waals surface area contributed by atoms with Crippen molar-refractivity contribution in [1.82, 2.24) is 14.3 Å². The molecule has 0 bridgehead atoms. The first-order valence-corrected chi connectivity index (χ1v) is 8.52. The average Bonchev–Trinajstić information content (AvgIpc) is 2.43. The minimum Gasteiger partial charge on any atom is -0.292 e. The van der Waals surface area contributed by atoms with Crippen LogP contribution in [0.25, 0.3) is 0 Å². The zero-order valence-corrected chi connectivity index (χ0v) is 12.8. The van der Waals surface area contributed by atoms with Gasteiger partial charge in [0.25, 0.3) is 0 Å². The molecule has 3 N–H and O–H groups in total. The first-order chi connectivity index (χ1) is 8.93. The van der Waals surface area contributed by atoms with Crippen molar-refractivity contribution in [3.63, 3.8) is 0 Å². The van der Waals surface area contributed by atoms with Gasteiger partial charge >= 0.3 is 0 Å². The molecule has 0 aliphatic heterocycles. The summed E-state index contributed by atoms with van der Waals surface area (Å²) in [6.45, 7) is 1.88. The number of nitrogen functional groups attached to an aromatic ring is 1. The predicted molar refractivity (Wildman–Crippen MR) is 77.3 cm³/mol. The average molecular weight is 305 g/mol. The van der Waals surface area contributed by atoms with E-state index in [2.05, 4.69) is 15.4 Å². The van der Waals surface area contributed by atoms with Crippen molar-refractivity contribution in [3.8, 4) is 0 Å². The van der Waals surface area contributed by atoms with E-state index in [1.54, 1.807) is 18.8 Å². The Bertz CT molecular complexity index is 491. The minimum absolute atomic E-state index is 0.0602. The second kappa shape index (κ2) is 7.04. The Morgan fingerprint density at radius 1 is 1.47 bits per heavy atom. The van der Waals surface area contributed by atoms with Crippen LogP contribution in [0.2, 0.25) is 0 Å². The molecule has 0 aliphatic rings. The number of nitrogens with zero attached hydrogens (tertiary/aromatic N) is 3. The van der Waals surface area contributed by atoms with E-state index in [0.717, 1.165) is 12.2 Å². The Morgan fingerprint density at radius 3 is 2.53 bits per heavy atom. The van der Waals surface area contributed by atoms with Crippen LogP contribution >= 0.6 is 11.8 Å². The Morgan fingerprint density at radius 2 is 2.05 bits per heavy atom. The standard InChI is InChI=1S/C10H19N5O2S2/c1-8(4-5-18-3)15(2)19(16,17)9-6-12-10(14-11)13-7-9/h6-8H,4-5,11H2,1-3H3,(H,12,13,14). The van der Waals surface area contributed by atoms with Crippen molar-refractivity contribution in [1.29, 1.82) is 0 Å². The van der Waals surface area contributed by atoms with Crippen LogP contribution in [0, 0.1) is 0 Å². The second-order valence-electron chi connectivity index (χ2n) is 4.04. The van der Waals surface area contributed by atoms with Crippen LogP contribution < -0.4 is 11.3 Å². The van der Waals surface area contributed by atoms with Crippen LogP contribution in [0.1, 0.15) is 13.3 Å². The normalized spacial score (nSPS) is 13.5. The van der Waals surface area contributed by atoms with Gasteiger partial charge in [-0.3, -0.25) is 5.43 Å². The molecule has 0 aromatic carbocycles. The molecular weight excluding hydrogens is 286 g/mol. The van der Waals surface area contributed by atoms with E-state index < -0.39 is 10.0 Å². The van der Waals surface area contributed by atoms with Gasteiger partial charge in [-0.1, -0.05) is 0 Å². The summed E-state index contributed by atoms with van der Waals surface area (Å²) >= 11 is 1.69. The molecule has 9 heteroatoms. The van der Waals surface area contributed by atoms with Crippen molar-refractivity contribution < 1.29 is 8.42 Å². The van der Waals surface area contributed by atoms with Gasteiger partial charge in [0.05, 0.1) is 12.4 Å². The summed E-state index contributed by atoms with van der Waals surface area (Å²) < 4.78 is 26.0. The van der Waals surface area contributed by atoms with E-state index in [9.17, 15) is 8.42 Å². The zero-order chi connectivity index (χ0) is 14.5. The summed E-state index contributed by atoms with van der Waals surface area (Å²) in [5, 5.41) is 0. The molecule has 0 radical (unpaired) electrons. The lowest BCUT2D eigenvalue weighted by Gasteiger charge is -2.23. The number of hydrogen-bond donors (Lipinski definition) is 2. The van der Waals surface area contributed by atoms with E-state index in [4.69, 9.17) is 5.84 Å². The lowest BCUT2D eigenvalue weighted by Crippen LogP contribution is -2.35. The monoisotopic (exact) mass is 305 g/mol. The molecule has 1 aromatic heterocycles. The highest BCUT2D eigenvalue weighted by Gasteiger charge is 2.25. The molecular formula is C10H19N5O2S2. The van der Waals surface area contributed by atoms with Crippen LogP contribution in [-0.2, 0) is 10.0 Å². The second-order valence-corrected chi connectivity index (χ2v) is 7.02. The van der Waals surface area contributed by atoms with Crippen LogP contribution in [0.3, 0.4) is 0 Å². The largest absolute Gasteiger partial charge is 0.292 e. The fourth-order valence-electron chi connectivity index (χ4n) is 1.40. The number of hydrazine groups is 1. The molecule has 0 amide bonds. The minimum atomic E-state index is -3.56. The summed E-state index contributed by atoms with van der Waals surface area (Å²) in [5.74, 6) is 6.22. The smallest absolute Gasteiger partial charge is 0.246 e. The third-order valence-electron chi connectivity index (χ3n) is 2.79. The van der Waals surface area contributed by atoms with Gasteiger partial charge in [-0.05, 0) is 25.4 Å². The van der Waals surface area contributed by atoms with Crippen LogP contribution in [0.4, 0.5) is 5.95 Å². The maximum atomic E-state index is 12.3. The Balaban J connectivity index is 2.89. The zero-order valence-electron chi connectivity index (χ0n) is 11.2. The highest BCUT2D eigenvalue weighted by molar-refractivity contribution is 7.98. The molecule has 0 spiro atoms. The third-order valence-corrected chi connectivity index (χ3v) is 5.36. The highest BCUT2D eigenvalue weighted by Crippen LogP contribution is 2.17. The molecule has 1 unspecified atom stereocenters. The van der Waals surface area contributed by atoms with Gasteiger partial charge in [0.2, 0.25) is 16.0 Å². The summed E-state index contributed by atoms with van der Waals surface area (Å²) in [6.07, 6.45) is 5.28. The first-order valence-electron chi connectivity index (χ1n) is 5.69. The number of hydrogen-bond acceptors (Lipinski definition) is 7. The number of sulfonamides is 1. The lowest BCUT2D eigenvalue weighted by atomic mass is 10.3. The van der Waals surface area contributed by atoms with E-state index in [-0.39, 0.29) is 16.9 Å². The van der Waals surface area contributed by atoms with Crippen LogP contribution in [0.15, 0.2) is 17.3 Å². The Hall–Kier alpha value is -0.900. The number of anilines is 1. The number of thioether (sulfide) groups is 1.